The maximum Gasteiger partial charge on any atom is 0.313 e. The number of rotatable bonds is 2. The van der Waals surface area contributed by atoms with Crippen molar-refractivity contribution in [2.45, 2.75) is 0 Å². The van der Waals surface area contributed by atoms with E-state index in [2.05, 4.69) is 20.5 Å². The lowest BCUT2D eigenvalue weighted by atomic mass is 10.5. The molecule has 0 saturated carbocycles. The van der Waals surface area contributed by atoms with E-state index in [4.69, 9.17) is 0 Å². The van der Waals surface area contributed by atoms with Crippen LogP contribution in [0.15, 0.2) is 28.7 Å². The SMILES string of the molecule is O=[N+]([O-])N=Nc1cccnn1. The summed E-state index contributed by atoms with van der Waals surface area (Å²) >= 11 is 0. The summed E-state index contributed by atoms with van der Waals surface area (Å²) in [4.78, 5) is 9.67. The smallest absolute Gasteiger partial charge is 0.313 e. The molecule has 1 aromatic heterocycles. The number of nitro groups is 1. The fraction of sp³-hybridized carbons (Fsp3) is 0. The van der Waals surface area contributed by atoms with E-state index in [0.717, 1.165) is 0 Å². The van der Waals surface area contributed by atoms with E-state index in [1.54, 1.807) is 6.07 Å². The van der Waals surface area contributed by atoms with Crippen molar-refractivity contribution in [1.29, 1.82) is 0 Å². The minimum atomic E-state index is -0.908. The molecule has 0 saturated heterocycles. The summed E-state index contributed by atoms with van der Waals surface area (Å²) in [6, 6.07) is 3.02. The van der Waals surface area contributed by atoms with Gasteiger partial charge in [0.15, 0.2) is 5.22 Å². The van der Waals surface area contributed by atoms with Gasteiger partial charge in [-0.25, -0.2) is 0 Å². The van der Waals surface area contributed by atoms with Gasteiger partial charge in [0.05, 0.1) is 10.1 Å². The lowest BCUT2D eigenvalue weighted by molar-refractivity contribution is -0.493. The fourth-order valence-electron chi connectivity index (χ4n) is 0.429. The van der Waals surface area contributed by atoms with E-state index >= 15 is 0 Å². The van der Waals surface area contributed by atoms with Crippen LogP contribution in [0.25, 0.3) is 0 Å². The topological polar surface area (TPSA) is 93.6 Å². The Morgan fingerprint density at radius 3 is 3.00 bits per heavy atom. The van der Waals surface area contributed by atoms with E-state index in [1.807, 2.05) is 0 Å². The first kappa shape index (κ1) is 7.19. The van der Waals surface area contributed by atoms with Crippen molar-refractivity contribution < 1.29 is 5.03 Å². The molecule has 0 radical (unpaired) electrons. The van der Waals surface area contributed by atoms with Gasteiger partial charge < -0.3 is 10.1 Å². The predicted octanol–water partition coefficient (Wildman–Crippen LogP) is 0.752. The first-order valence-corrected chi connectivity index (χ1v) is 2.63. The molecule has 7 heteroatoms. The zero-order valence-electron chi connectivity index (χ0n) is 5.28. The molecule has 1 aromatic rings. The second-order valence-electron chi connectivity index (χ2n) is 1.51. The Hall–Kier alpha value is -1.92. The Kier molecular flexibility index (Phi) is 2.16. The van der Waals surface area contributed by atoms with Gasteiger partial charge >= 0.3 is 5.82 Å². The molecule has 0 spiro atoms. The molecule has 0 aromatic carbocycles. The maximum atomic E-state index is 9.67. The first-order valence-electron chi connectivity index (χ1n) is 2.63. The third kappa shape index (κ3) is 2.43. The minimum absolute atomic E-state index is 0.115. The highest BCUT2D eigenvalue weighted by Gasteiger charge is 1.96. The molecule has 1 rings (SSSR count). The Morgan fingerprint density at radius 2 is 2.45 bits per heavy atom. The van der Waals surface area contributed by atoms with Crippen LogP contribution in [0.5, 0.6) is 0 Å². The molecule has 0 atom stereocenters. The number of nitrogens with zero attached hydrogens (tertiary/aromatic N) is 5. The van der Waals surface area contributed by atoms with Crippen molar-refractivity contribution in [3.8, 4) is 0 Å². The average molecular weight is 153 g/mol. The maximum absolute atomic E-state index is 9.67. The predicted molar refractivity (Wildman–Crippen MR) is 33.5 cm³/mol. The third-order valence-corrected chi connectivity index (χ3v) is 0.778. The molecule has 0 aliphatic heterocycles. The van der Waals surface area contributed by atoms with Gasteiger partial charge in [-0.1, -0.05) is 0 Å². The van der Waals surface area contributed by atoms with Gasteiger partial charge in [-0.2, -0.15) is 5.10 Å². The van der Waals surface area contributed by atoms with Gasteiger partial charge in [0, 0.05) is 12.3 Å². The molecule has 1 heterocycles. The quantitative estimate of drug-likeness (QED) is 0.356. The summed E-state index contributed by atoms with van der Waals surface area (Å²) in [6.45, 7) is 0. The van der Waals surface area contributed by atoms with Gasteiger partial charge in [-0.05, 0) is 6.07 Å². The highest BCUT2D eigenvalue weighted by atomic mass is 16.7. The molecule has 0 bridgehead atoms. The number of hydrogen-bond acceptors (Lipinski definition) is 5. The van der Waals surface area contributed by atoms with Crippen LogP contribution in [0.2, 0.25) is 0 Å². The number of hydrogen-bond donors (Lipinski definition) is 0. The Morgan fingerprint density at radius 1 is 1.64 bits per heavy atom. The van der Waals surface area contributed by atoms with Crippen LogP contribution < -0.4 is 0 Å². The van der Waals surface area contributed by atoms with Crippen LogP contribution >= 0.6 is 0 Å². The molecule has 0 aliphatic carbocycles. The van der Waals surface area contributed by atoms with Crippen LogP contribution in [-0.4, -0.2) is 15.2 Å². The van der Waals surface area contributed by atoms with Crippen LogP contribution in [-0.2, 0) is 0 Å². The summed E-state index contributed by atoms with van der Waals surface area (Å²) in [5.41, 5.74) is 0. The standard InChI is InChI=1S/C4H3N5O2/c10-9(11)8-7-4-2-1-3-5-6-4/h1-3H. The summed E-state index contributed by atoms with van der Waals surface area (Å²) in [6.07, 6.45) is 1.44. The van der Waals surface area contributed by atoms with E-state index in [0.29, 0.717) is 0 Å². The van der Waals surface area contributed by atoms with E-state index in [1.165, 1.54) is 12.3 Å². The van der Waals surface area contributed by atoms with Gasteiger partial charge in [0.25, 0.3) is 0 Å². The monoisotopic (exact) mass is 153 g/mol. The summed E-state index contributed by atoms with van der Waals surface area (Å²) < 4.78 is 0. The number of aromatic nitrogens is 2. The molecule has 0 amide bonds. The van der Waals surface area contributed by atoms with Crippen molar-refractivity contribution in [2.75, 3.05) is 0 Å². The Balaban J connectivity index is 2.72. The largest absolute Gasteiger partial charge is 0.337 e. The van der Waals surface area contributed by atoms with Crippen LogP contribution in [0.1, 0.15) is 0 Å². The van der Waals surface area contributed by atoms with E-state index in [9.17, 15) is 10.1 Å². The van der Waals surface area contributed by atoms with Gasteiger partial charge in [-0.3, -0.25) is 0 Å². The van der Waals surface area contributed by atoms with Crippen molar-refractivity contribution in [1.82, 2.24) is 10.2 Å². The Bertz CT molecular complexity index is 271. The fourth-order valence-corrected chi connectivity index (χ4v) is 0.429. The normalized spacial score (nSPS) is 10.2. The Labute approximate surface area is 60.9 Å². The van der Waals surface area contributed by atoms with Crippen molar-refractivity contribution in [3.63, 3.8) is 0 Å². The molecular weight excluding hydrogens is 150 g/mol. The van der Waals surface area contributed by atoms with Crippen molar-refractivity contribution in [3.05, 3.63) is 28.4 Å². The van der Waals surface area contributed by atoms with Crippen LogP contribution in [0.4, 0.5) is 5.82 Å². The van der Waals surface area contributed by atoms with Crippen LogP contribution in [0, 0.1) is 10.1 Å². The molecular formula is C4H3N5O2. The molecule has 0 N–H and O–H groups in total. The molecule has 56 valence electrons. The average Bonchev–Trinajstić information content (AvgIpc) is 2.03. The third-order valence-electron chi connectivity index (χ3n) is 0.778. The first-order chi connectivity index (χ1) is 5.29. The molecule has 0 aliphatic rings. The van der Waals surface area contributed by atoms with Gasteiger partial charge in [0.1, 0.15) is 0 Å². The molecule has 0 fully saturated rings. The van der Waals surface area contributed by atoms with Crippen molar-refractivity contribution in [2.24, 2.45) is 10.3 Å². The second kappa shape index (κ2) is 3.30. The summed E-state index contributed by atoms with van der Waals surface area (Å²) in [5, 5.41) is 21.4. The lowest BCUT2D eigenvalue weighted by Gasteiger charge is -1.78. The molecule has 7 nitrogen and oxygen atoms in total. The van der Waals surface area contributed by atoms with Gasteiger partial charge in [-0.15, -0.1) is 5.10 Å². The van der Waals surface area contributed by atoms with Crippen LogP contribution in [0.3, 0.4) is 0 Å². The zero-order chi connectivity index (χ0) is 8.10. The summed E-state index contributed by atoms with van der Waals surface area (Å²) in [7, 11) is 0. The molecule has 11 heavy (non-hydrogen) atoms. The second-order valence-corrected chi connectivity index (χ2v) is 1.51. The summed E-state index contributed by atoms with van der Waals surface area (Å²) in [5.74, 6) is 0.115. The van der Waals surface area contributed by atoms with E-state index in [-0.39, 0.29) is 5.82 Å². The van der Waals surface area contributed by atoms with Crippen molar-refractivity contribution >= 4 is 5.82 Å². The highest BCUT2D eigenvalue weighted by molar-refractivity contribution is 5.20. The molecule has 0 unspecified atom stereocenters. The highest BCUT2D eigenvalue weighted by Crippen LogP contribution is 2.02. The lowest BCUT2D eigenvalue weighted by Crippen LogP contribution is -1.82. The zero-order valence-corrected chi connectivity index (χ0v) is 5.28. The minimum Gasteiger partial charge on any atom is -0.337 e. The van der Waals surface area contributed by atoms with E-state index < -0.39 is 5.03 Å². The van der Waals surface area contributed by atoms with Gasteiger partial charge in [0.2, 0.25) is 0 Å².